The molecular weight excluding hydrogens is 228 g/mol. The molecule has 0 bridgehead atoms. The minimum atomic E-state index is 0.0763. The van der Waals surface area contributed by atoms with Crippen molar-refractivity contribution in [2.45, 2.75) is 0 Å². The third kappa shape index (κ3) is 3.13. The van der Waals surface area contributed by atoms with Crippen molar-refractivity contribution in [3.8, 4) is 0 Å². The molecular formula is C13H20N4O. The highest BCUT2D eigenvalue weighted by atomic mass is 16.1. The summed E-state index contributed by atoms with van der Waals surface area (Å²) in [5.41, 5.74) is 7.74. The van der Waals surface area contributed by atoms with Gasteiger partial charge in [-0.2, -0.15) is 0 Å². The van der Waals surface area contributed by atoms with E-state index >= 15 is 0 Å². The number of hydrogen-bond acceptors (Lipinski definition) is 4. The Morgan fingerprint density at radius 1 is 1.33 bits per heavy atom. The van der Waals surface area contributed by atoms with E-state index in [1.165, 1.54) is 0 Å². The van der Waals surface area contributed by atoms with E-state index in [0.717, 1.165) is 37.6 Å². The lowest BCUT2D eigenvalue weighted by atomic mass is 10.2. The van der Waals surface area contributed by atoms with Crippen LogP contribution in [0, 0.1) is 0 Å². The van der Waals surface area contributed by atoms with Gasteiger partial charge in [0.25, 0.3) is 0 Å². The Kier molecular flexibility index (Phi) is 4.04. The highest BCUT2D eigenvalue weighted by molar-refractivity contribution is 5.77. The van der Waals surface area contributed by atoms with Crippen LogP contribution in [0.3, 0.4) is 0 Å². The van der Waals surface area contributed by atoms with Crippen molar-refractivity contribution < 1.29 is 4.79 Å². The molecule has 0 unspecified atom stereocenters. The Hall–Kier alpha value is -1.75. The maximum atomic E-state index is 11.3. The Bertz CT molecular complexity index is 413. The minimum absolute atomic E-state index is 0.0763. The van der Waals surface area contributed by atoms with Gasteiger partial charge in [0.1, 0.15) is 0 Å². The summed E-state index contributed by atoms with van der Waals surface area (Å²) >= 11 is 0. The first-order valence-corrected chi connectivity index (χ1v) is 6.22. The maximum absolute atomic E-state index is 11.3. The number of benzene rings is 1. The number of nitrogen functional groups attached to an aromatic ring is 1. The molecule has 5 heteroatoms. The summed E-state index contributed by atoms with van der Waals surface area (Å²) in [6.07, 6.45) is 0. The molecule has 1 amide bonds. The number of amides is 1. The molecule has 0 atom stereocenters. The van der Waals surface area contributed by atoms with E-state index in [2.05, 4.69) is 21.2 Å². The van der Waals surface area contributed by atoms with Crippen LogP contribution in [-0.2, 0) is 4.79 Å². The number of carbonyl (C=O) groups excluding carboxylic acids is 1. The van der Waals surface area contributed by atoms with Crippen LogP contribution in [0.2, 0.25) is 0 Å². The third-order valence-corrected chi connectivity index (χ3v) is 3.25. The lowest BCUT2D eigenvalue weighted by molar-refractivity contribution is -0.121. The number of nitrogens with zero attached hydrogens (tertiary/aromatic N) is 2. The van der Waals surface area contributed by atoms with Gasteiger partial charge in [-0.15, -0.1) is 0 Å². The molecule has 1 heterocycles. The predicted molar refractivity (Wildman–Crippen MR) is 73.6 cm³/mol. The van der Waals surface area contributed by atoms with E-state index in [-0.39, 0.29) is 5.91 Å². The van der Waals surface area contributed by atoms with Crippen molar-refractivity contribution >= 4 is 17.3 Å². The van der Waals surface area contributed by atoms with Gasteiger partial charge in [0.15, 0.2) is 0 Å². The minimum Gasteiger partial charge on any atom is -0.399 e. The Labute approximate surface area is 108 Å². The molecule has 0 saturated carbocycles. The molecule has 0 radical (unpaired) electrons. The number of carbonyl (C=O) groups is 1. The molecule has 1 saturated heterocycles. The van der Waals surface area contributed by atoms with Gasteiger partial charge in [-0.3, -0.25) is 9.69 Å². The van der Waals surface area contributed by atoms with Crippen LogP contribution < -0.4 is 16.0 Å². The van der Waals surface area contributed by atoms with Crippen LogP contribution in [-0.4, -0.2) is 50.6 Å². The Balaban J connectivity index is 1.88. The number of anilines is 2. The van der Waals surface area contributed by atoms with E-state index in [4.69, 9.17) is 5.73 Å². The zero-order chi connectivity index (χ0) is 13.0. The second-order valence-electron chi connectivity index (χ2n) is 4.53. The molecule has 5 nitrogen and oxygen atoms in total. The zero-order valence-electron chi connectivity index (χ0n) is 10.7. The lowest BCUT2D eigenvalue weighted by Crippen LogP contribution is -2.49. The van der Waals surface area contributed by atoms with Crippen molar-refractivity contribution in [3.63, 3.8) is 0 Å². The largest absolute Gasteiger partial charge is 0.399 e. The molecule has 3 N–H and O–H groups in total. The number of likely N-dealkylation sites (N-methyl/N-ethyl adjacent to an activating group) is 1. The van der Waals surface area contributed by atoms with Crippen molar-refractivity contribution in [1.82, 2.24) is 10.2 Å². The average Bonchev–Trinajstić information content (AvgIpc) is 2.39. The normalized spacial score (nSPS) is 16.6. The molecule has 0 aromatic heterocycles. The first-order valence-electron chi connectivity index (χ1n) is 6.22. The van der Waals surface area contributed by atoms with Crippen LogP contribution in [0.1, 0.15) is 0 Å². The van der Waals surface area contributed by atoms with Gasteiger partial charge < -0.3 is 16.0 Å². The van der Waals surface area contributed by atoms with Crippen LogP contribution in [0.15, 0.2) is 24.3 Å². The SMILES string of the molecule is CNC(=O)CN1CCN(c2cccc(N)c2)CC1. The van der Waals surface area contributed by atoms with Gasteiger partial charge in [-0.25, -0.2) is 0 Å². The summed E-state index contributed by atoms with van der Waals surface area (Å²) in [5, 5.41) is 2.65. The monoisotopic (exact) mass is 248 g/mol. The molecule has 1 aromatic rings. The van der Waals surface area contributed by atoms with E-state index in [1.807, 2.05) is 18.2 Å². The molecule has 0 spiro atoms. The molecule has 1 aliphatic heterocycles. The van der Waals surface area contributed by atoms with Crippen molar-refractivity contribution in [2.24, 2.45) is 0 Å². The quantitative estimate of drug-likeness (QED) is 0.747. The summed E-state index contributed by atoms with van der Waals surface area (Å²) < 4.78 is 0. The van der Waals surface area contributed by atoms with Gasteiger partial charge in [0, 0.05) is 44.6 Å². The van der Waals surface area contributed by atoms with Gasteiger partial charge in [0.2, 0.25) is 5.91 Å². The van der Waals surface area contributed by atoms with Gasteiger partial charge in [-0.05, 0) is 18.2 Å². The topological polar surface area (TPSA) is 61.6 Å². The number of nitrogens with one attached hydrogen (secondary N) is 1. The predicted octanol–water partition coefficient (Wildman–Crippen LogP) is 0.137. The smallest absolute Gasteiger partial charge is 0.233 e. The highest BCUT2D eigenvalue weighted by Crippen LogP contribution is 2.18. The number of rotatable bonds is 3. The van der Waals surface area contributed by atoms with Crippen LogP contribution >= 0.6 is 0 Å². The highest BCUT2D eigenvalue weighted by Gasteiger charge is 2.18. The van der Waals surface area contributed by atoms with Gasteiger partial charge >= 0.3 is 0 Å². The second kappa shape index (κ2) is 5.73. The number of nitrogens with two attached hydrogens (primary N) is 1. The fourth-order valence-electron chi connectivity index (χ4n) is 2.17. The average molecular weight is 248 g/mol. The maximum Gasteiger partial charge on any atom is 0.233 e. The standard InChI is InChI=1S/C13H20N4O/c1-15-13(18)10-16-5-7-17(8-6-16)12-4-2-3-11(14)9-12/h2-4,9H,5-8,10,14H2,1H3,(H,15,18). The summed E-state index contributed by atoms with van der Waals surface area (Å²) in [5.74, 6) is 0.0763. The lowest BCUT2D eigenvalue weighted by Gasteiger charge is -2.35. The van der Waals surface area contributed by atoms with Crippen LogP contribution in [0.5, 0.6) is 0 Å². The van der Waals surface area contributed by atoms with Crippen LogP contribution in [0.25, 0.3) is 0 Å². The first-order chi connectivity index (χ1) is 8.69. The Morgan fingerprint density at radius 3 is 2.67 bits per heavy atom. The molecule has 2 rings (SSSR count). The molecule has 1 fully saturated rings. The molecule has 0 aliphatic carbocycles. The van der Waals surface area contributed by atoms with E-state index < -0.39 is 0 Å². The molecule has 1 aliphatic rings. The van der Waals surface area contributed by atoms with E-state index in [1.54, 1.807) is 7.05 Å². The molecule has 98 valence electrons. The second-order valence-corrected chi connectivity index (χ2v) is 4.53. The summed E-state index contributed by atoms with van der Waals surface area (Å²) in [7, 11) is 1.67. The zero-order valence-corrected chi connectivity index (χ0v) is 10.7. The van der Waals surface area contributed by atoms with Crippen molar-refractivity contribution in [1.29, 1.82) is 0 Å². The van der Waals surface area contributed by atoms with Gasteiger partial charge in [0.05, 0.1) is 6.54 Å². The van der Waals surface area contributed by atoms with E-state index in [0.29, 0.717) is 6.54 Å². The summed E-state index contributed by atoms with van der Waals surface area (Å²) in [6.45, 7) is 4.16. The molecule has 18 heavy (non-hydrogen) atoms. The summed E-state index contributed by atoms with van der Waals surface area (Å²) in [4.78, 5) is 15.8. The fraction of sp³-hybridized carbons (Fsp3) is 0.462. The van der Waals surface area contributed by atoms with Crippen LogP contribution in [0.4, 0.5) is 11.4 Å². The van der Waals surface area contributed by atoms with Crippen molar-refractivity contribution in [2.75, 3.05) is 50.4 Å². The number of piperazine rings is 1. The third-order valence-electron chi connectivity index (χ3n) is 3.25. The fourth-order valence-corrected chi connectivity index (χ4v) is 2.17. The summed E-state index contributed by atoms with van der Waals surface area (Å²) in [6, 6.07) is 7.94. The first kappa shape index (κ1) is 12.7. The van der Waals surface area contributed by atoms with Gasteiger partial charge in [-0.1, -0.05) is 6.07 Å². The number of hydrogen-bond donors (Lipinski definition) is 2. The Morgan fingerprint density at radius 2 is 2.06 bits per heavy atom. The van der Waals surface area contributed by atoms with E-state index in [9.17, 15) is 4.79 Å². The molecule has 1 aromatic carbocycles. The van der Waals surface area contributed by atoms with Crippen molar-refractivity contribution in [3.05, 3.63) is 24.3 Å².